The second kappa shape index (κ2) is 6.67. The first-order valence-electron chi connectivity index (χ1n) is 5.75. The average Bonchev–Trinajstić information content (AvgIpc) is 2.30. The van der Waals surface area contributed by atoms with Crippen LogP contribution in [0.15, 0.2) is 24.3 Å². The Bertz CT molecular complexity index is 325. The first kappa shape index (κ1) is 14.1. The highest BCUT2D eigenvalue weighted by atomic mass is 19.3. The van der Waals surface area contributed by atoms with Crippen LogP contribution in [0.1, 0.15) is 31.4 Å². The van der Waals surface area contributed by atoms with Crippen LogP contribution in [0.5, 0.6) is 0 Å². The van der Waals surface area contributed by atoms with E-state index in [0.29, 0.717) is 12.5 Å². The van der Waals surface area contributed by atoms with E-state index in [1.54, 1.807) is 12.1 Å². The molecule has 0 saturated heterocycles. The SMILES string of the molecule is CC(C)[C@@H](CO)NCc1ccc(C(F)F)cc1. The van der Waals surface area contributed by atoms with E-state index in [9.17, 15) is 8.78 Å². The summed E-state index contributed by atoms with van der Waals surface area (Å²) < 4.78 is 24.6. The third-order valence-corrected chi connectivity index (χ3v) is 2.80. The van der Waals surface area contributed by atoms with E-state index in [1.165, 1.54) is 12.1 Å². The van der Waals surface area contributed by atoms with Gasteiger partial charge < -0.3 is 10.4 Å². The molecule has 0 heterocycles. The van der Waals surface area contributed by atoms with Crippen molar-refractivity contribution in [3.05, 3.63) is 35.4 Å². The Hall–Kier alpha value is -1.00. The quantitative estimate of drug-likeness (QED) is 0.805. The number of halogens is 2. The van der Waals surface area contributed by atoms with Crippen LogP contribution in [0, 0.1) is 5.92 Å². The standard InChI is InChI=1S/C13H19F2NO/c1-9(2)12(8-17)16-7-10-3-5-11(6-4-10)13(14)15/h3-6,9,12-13,16-17H,7-8H2,1-2H3/t12-/m1/s1. The largest absolute Gasteiger partial charge is 0.395 e. The van der Waals surface area contributed by atoms with Gasteiger partial charge in [0.25, 0.3) is 6.43 Å². The minimum atomic E-state index is -2.42. The van der Waals surface area contributed by atoms with Crippen LogP contribution < -0.4 is 5.32 Å². The Labute approximate surface area is 101 Å². The summed E-state index contributed by atoms with van der Waals surface area (Å²) in [6.07, 6.45) is -2.42. The lowest BCUT2D eigenvalue weighted by Gasteiger charge is -2.20. The molecule has 0 aliphatic rings. The highest BCUT2D eigenvalue weighted by molar-refractivity contribution is 5.23. The van der Waals surface area contributed by atoms with E-state index in [1.807, 2.05) is 13.8 Å². The average molecular weight is 243 g/mol. The second-order valence-electron chi connectivity index (χ2n) is 4.46. The number of rotatable bonds is 6. The summed E-state index contributed by atoms with van der Waals surface area (Å²) in [7, 11) is 0. The Balaban J connectivity index is 2.52. The van der Waals surface area contributed by atoms with Gasteiger partial charge in [-0.1, -0.05) is 38.1 Å². The molecule has 4 heteroatoms. The molecule has 96 valence electrons. The number of alkyl halides is 2. The zero-order valence-electron chi connectivity index (χ0n) is 10.2. The van der Waals surface area contributed by atoms with Crippen LogP contribution in [0.25, 0.3) is 0 Å². The van der Waals surface area contributed by atoms with Crippen LogP contribution >= 0.6 is 0 Å². The van der Waals surface area contributed by atoms with Crippen LogP contribution in [-0.2, 0) is 6.54 Å². The van der Waals surface area contributed by atoms with Gasteiger partial charge in [0.05, 0.1) is 6.61 Å². The molecule has 1 rings (SSSR count). The number of aliphatic hydroxyl groups excluding tert-OH is 1. The minimum absolute atomic E-state index is 0.0322. The van der Waals surface area contributed by atoms with Gasteiger partial charge in [-0.05, 0) is 11.5 Å². The van der Waals surface area contributed by atoms with Crippen molar-refractivity contribution in [3.8, 4) is 0 Å². The van der Waals surface area contributed by atoms with Gasteiger partial charge in [0.1, 0.15) is 0 Å². The van der Waals surface area contributed by atoms with Crippen molar-refractivity contribution in [2.45, 2.75) is 32.9 Å². The van der Waals surface area contributed by atoms with Crippen LogP contribution in [-0.4, -0.2) is 17.8 Å². The van der Waals surface area contributed by atoms with Crippen LogP contribution in [0.3, 0.4) is 0 Å². The van der Waals surface area contributed by atoms with Crippen molar-refractivity contribution in [1.29, 1.82) is 0 Å². The number of aliphatic hydroxyl groups is 1. The molecule has 0 aliphatic heterocycles. The first-order chi connectivity index (χ1) is 8.04. The maximum absolute atomic E-state index is 12.3. The maximum Gasteiger partial charge on any atom is 0.263 e. The number of benzene rings is 1. The van der Waals surface area contributed by atoms with E-state index in [0.717, 1.165) is 5.56 Å². The molecule has 17 heavy (non-hydrogen) atoms. The van der Waals surface area contributed by atoms with Crippen LogP contribution in [0.4, 0.5) is 8.78 Å². The molecule has 2 nitrogen and oxygen atoms in total. The van der Waals surface area contributed by atoms with Gasteiger partial charge in [-0.25, -0.2) is 8.78 Å². The van der Waals surface area contributed by atoms with Gasteiger partial charge in [-0.15, -0.1) is 0 Å². The fourth-order valence-corrected chi connectivity index (χ4v) is 1.54. The molecule has 1 aromatic carbocycles. The van der Waals surface area contributed by atoms with Crippen molar-refractivity contribution in [2.24, 2.45) is 5.92 Å². The highest BCUT2D eigenvalue weighted by Gasteiger charge is 2.11. The molecule has 0 aliphatic carbocycles. The summed E-state index contributed by atoms with van der Waals surface area (Å²) in [6, 6.07) is 6.27. The van der Waals surface area contributed by atoms with Crippen LogP contribution in [0.2, 0.25) is 0 Å². The van der Waals surface area contributed by atoms with Gasteiger partial charge in [0.15, 0.2) is 0 Å². The predicted molar refractivity (Wildman–Crippen MR) is 64.0 cm³/mol. The molecule has 0 unspecified atom stereocenters. The van der Waals surface area contributed by atoms with E-state index in [2.05, 4.69) is 5.32 Å². The van der Waals surface area contributed by atoms with Crippen molar-refractivity contribution in [1.82, 2.24) is 5.32 Å². The van der Waals surface area contributed by atoms with Gasteiger partial charge in [0, 0.05) is 18.2 Å². The summed E-state index contributed by atoms with van der Waals surface area (Å²) in [5.74, 6) is 0.334. The fourth-order valence-electron chi connectivity index (χ4n) is 1.54. The molecule has 0 fully saturated rings. The molecular weight excluding hydrogens is 224 g/mol. The third-order valence-electron chi connectivity index (χ3n) is 2.80. The highest BCUT2D eigenvalue weighted by Crippen LogP contribution is 2.18. The molecule has 0 radical (unpaired) electrons. The molecule has 0 spiro atoms. The summed E-state index contributed by atoms with van der Waals surface area (Å²) >= 11 is 0. The molecule has 1 aromatic rings. The Kier molecular flexibility index (Phi) is 5.51. The lowest BCUT2D eigenvalue weighted by molar-refractivity contribution is 0.151. The van der Waals surface area contributed by atoms with Crippen molar-refractivity contribution < 1.29 is 13.9 Å². The topological polar surface area (TPSA) is 32.3 Å². The van der Waals surface area contributed by atoms with E-state index < -0.39 is 6.43 Å². The number of hydrogen-bond donors (Lipinski definition) is 2. The molecule has 1 atom stereocenters. The smallest absolute Gasteiger partial charge is 0.263 e. The van der Waals surface area contributed by atoms with Crippen molar-refractivity contribution >= 4 is 0 Å². The van der Waals surface area contributed by atoms with Gasteiger partial charge >= 0.3 is 0 Å². The molecule has 0 bridgehead atoms. The first-order valence-corrected chi connectivity index (χ1v) is 5.75. The van der Waals surface area contributed by atoms with E-state index in [4.69, 9.17) is 5.11 Å². The lowest BCUT2D eigenvalue weighted by atomic mass is 10.0. The monoisotopic (exact) mass is 243 g/mol. The van der Waals surface area contributed by atoms with E-state index in [-0.39, 0.29) is 18.2 Å². The summed E-state index contributed by atoms with van der Waals surface area (Å²) in [6.45, 7) is 4.70. The maximum atomic E-state index is 12.3. The molecule has 0 amide bonds. The summed E-state index contributed by atoms with van der Waals surface area (Å²) in [4.78, 5) is 0. The van der Waals surface area contributed by atoms with Gasteiger partial charge in [-0.3, -0.25) is 0 Å². The van der Waals surface area contributed by atoms with Gasteiger partial charge in [-0.2, -0.15) is 0 Å². The number of hydrogen-bond acceptors (Lipinski definition) is 2. The summed E-state index contributed by atoms with van der Waals surface area (Å²) in [5, 5.41) is 12.3. The van der Waals surface area contributed by atoms with Crippen molar-refractivity contribution in [2.75, 3.05) is 6.61 Å². The lowest BCUT2D eigenvalue weighted by Crippen LogP contribution is -2.36. The van der Waals surface area contributed by atoms with Crippen molar-refractivity contribution in [3.63, 3.8) is 0 Å². The Morgan fingerprint density at radius 2 is 1.76 bits per heavy atom. The van der Waals surface area contributed by atoms with Gasteiger partial charge in [0.2, 0.25) is 0 Å². The fraction of sp³-hybridized carbons (Fsp3) is 0.538. The molecule has 2 N–H and O–H groups in total. The third kappa shape index (κ3) is 4.40. The summed E-state index contributed by atoms with van der Waals surface area (Å²) in [5.41, 5.74) is 0.977. The molecule has 0 saturated carbocycles. The Morgan fingerprint density at radius 3 is 2.18 bits per heavy atom. The minimum Gasteiger partial charge on any atom is -0.395 e. The Morgan fingerprint density at radius 1 is 1.18 bits per heavy atom. The zero-order valence-corrected chi connectivity index (χ0v) is 10.2. The predicted octanol–water partition coefficient (Wildman–Crippen LogP) is 2.73. The van der Waals surface area contributed by atoms with E-state index >= 15 is 0 Å². The molecular formula is C13H19F2NO. The normalized spacial score (nSPS) is 13.4. The molecule has 0 aromatic heterocycles. The zero-order chi connectivity index (χ0) is 12.8. The second-order valence-corrected chi connectivity index (χ2v) is 4.46. The number of nitrogens with one attached hydrogen (secondary N) is 1.